The van der Waals surface area contributed by atoms with Crippen LogP contribution >= 0.6 is 0 Å². The minimum atomic E-state index is -0.551. The first-order chi connectivity index (χ1) is 14.9. The van der Waals surface area contributed by atoms with Gasteiger partial charge in [0.1, 0.15) is 16.9 Å². The van der Waals surface area contributed by atoms with E-state index in [-0.39, 0.29) is 23.2 Å². The summed E-state index contributed by atoms with van der Waals surface area (Å²) in [4.78, 5) is 39.0. The lowest BCUT2D eigenvalue weighted by molar-refractivity contribution is 0.0928. The van der Waals surface area contributed by atoms with Crippen molar-refractivity contribution in [3.8, 4) is 0 Å². The van der Waals surface area contributed by atoms with Crippen LogP contribution in [0.3, 0.4) is 0 Å². The summed E-state index contributed by atoms with van der Waals surface area (Å²) in [5.74, 6) is -0.335. The Bertz CT molecular complexity index is 938. The van der Waals surface area contributed by atoms with E-state index >= 15 is 0 Å². The predicted octanol–water partition coefficient (Wildman–Crippen LogP) is 4.36. The van der Waals surface area contributed by atoms with Gasteiger partial charge in [0.2, 0.25) is 5.43 Å². The molecule has 0 radical (unpaired) electrons. The normalized spacial score (nSPS) is 16.4. The predicted molar refractivity (Wildman–Crippen MR) is 119 cm³/mol. The van der Waals surface area contributed by atoms with Gasteiger partial charge in [-0.2, -0.15) is 0 Å². The summed E-state index contributed by atoms with van der Waals surface area (Å²) >= 11 is 0. The molecule has 1 fully saturated rings. The van der Waals surface area contributed by atoms with Crippen molar-refractivity contribution >= 4 is 11.8 Å². The number of hydrogen-bond donors (Lipinski definition) is 2. The fourth-order valence-corrected chi connectivity index (χ4v) is 3.97. The number of carbonyl (C=O) groups is 2. The lowest BCUT2D eigenvalue weighted by Crippen LogP contribution is -2.40. The second-order valence-corrected chi connectivity index (χ2v) is 8.68. The Hall–Kier alpha value is -2.83. The molecule has 2 aromatic heterocycles. The van der Waals surface area contributed by atoms with Gasteiger partial charge in [0.05, 0.1) is 12.3 Å². The van der Waals surface area contributed by atoms with Crippen molar-refractivity contribution < 1.29 is 14.0 Å². The molecule has 0 aliphatic heterocycles. The first kappa shape index (κ1) is 22.8. The zero-order chi connectivity index (χ0) is 22.4. The maximum Gasteiger partial charge on any atom is 0.257 e. The van der Waals surface area contributed by atoms with E-state index in [0.717, 1.165) is 25.7 Å². The van der Waals surface area contributed by atoms with Crippen LogP contribution in [-0.4, -0.2) is 22.4 Å². The number of nitrogens with one attached hydrogen (secondary N) is 2. The highest BCUT2D eigenvalue weighted by molar-refractivity contribution is 5.99. The van der Waals surface area contributed by atoms with Gasteiger partial charge in [-0.1, -0.05) is 32.1 Å². The first-order valence-corrected chi connectivity index (χ1v) is 11.3. The largest absolute Gasteiger partial charge is 0.467 e. The van der Waals surface area contributed by atoms with Crippen molar-refractivity contribution in [1.29, 1.82) is 0 Å². The van der Waals surface area contributed by atoms with Crippen molar-refractivity contribution in [2.75, 3.05) is 0 Å². The fourth-order valence-electron chi connectivity index (χ4n) is 3.97. The second-order valence-electron chi connectivity index (χ2n) is 8.68. The van der Waals surface area contributed by atoms with Crippen molar-refractivity contribution in [2.24, 2.45) is 0 Å². The molecule has 31 heavy (non-hydrogen) atoms. The van der Waals surface area contributed by atoms with E-state index in [2.05, 4.69) is 10.6 Å². The second kappa shape index (κ2) is 10.5. The molecule has 1 atom stereocenters. The van der Waals surface area contributed by atoms with Gasteiger partial charge in [-0.05, 0) is 45.7 Å². The van der Waals surface area contributed by atoms with Gasteiger partial charge in [0.15, 0.2) is 0 Å². The average Bonchev–Trinajstić information content (AvgIpc) is 3.24. The highest BCUT2D eigenvalue weighted by atomic mass is 16.3. The van der Waals surface area contributed by atoms with Crippen LogP contribution in [0.5, 0.6) is 0 Å². The lowest BCUT2D eigenvalue weighted by atomic mass is 9.96. The highest BCUT2D eigenvalue weighted by Crippen LogP contribution is 2.18. The summed E-state index contributed by atoms with van der Waals surface area (Å²) in [5, 5.41) is 5.83. The Labute approximate surface area is 183 Å². The van der Waals surface area contributed by atoms with Crippen molar-refractivity contribution in [3.63, 3.8) is 0 Å². The van der Waals surface area contributed by atoms with Crippen LogP contribution in [0.4, 0.5) is 0 Å². The zero-order valence-corrected chi connectivity index (χ0v) is 18.6. The van der Waals surface area contributed by atoms with Crippen LogP contribution in [0.2, 0.25) is 0 Å². The van der Waals surface area contributed by atoms with Gasteiger partial charge < -0.3 is 19.6 Å². The smallest absolute Gasteiger partial charge is 0.257 e. The van der Waals surface area contributed by atoms with Gasteiger partial charge in [-0.15, -0.1) is 0 Å². The Balaban J connectivity index is 1.84. The number of amides is 2. The molecule has 1 aliphatic carbocycles. The lowest BCUT2D eigenvalue weighted by Gasteiger charge is -2.22. The molecule has 0 spiro atoms. The summed E-state index contributed by atoms with van der Waals surface area (Å²) in [7, 11) is 0. The van der Waals surface area contributed by atoms with Gasteiger partial charge in [0.25, 0.3) is 11.8 Å². The van der Waals surface area contributed by atoms with E-state index in [1.807, 2.05) is 13.8 Å². The minimum Gasteiger partial charge on any atom is -0.467 e. The van der Waals surface area contributed by atoms with Crippen LogP contribution in [-0.2, 0) is 0 Å². The van der Waals surface area contributed by atoms with Crippen LogP contribution in [0.1, 0.15) is 104 Å². The molecule has 1 saturated carbocycles. The maximum atomic E-state index is 13.1. The van der Waals surface area contributed by atoms with E-state index < -0.39 is 23.3 Å². The van der Waals surface area contributed by atoms with Crippen LogP contribution in [0, 0.1) is 0 Å². The highest BCUT2D eigenvalue weighted by Gasteiger charge is 2.23. The number of carbonyl (C=O) groups excluding carboxylic acids is 2. The van der Waals surface area contributed by atoms with E-state index in [4.69, 9.17) is 4.42 Å². The van der Waals surface area contributed by atoms with E-state index in [1.165, 1.54) is 31.7 Å². The Morgan fingerprint density at radius 2 is 1.61 bits per heavy atom. The van der Waals surface area contributed by atoms with Gasteiger partial charge in [-0.3, -0.25) is 14.4 Å². The monoisotopic (exact) mass is 427 g/mol. The maximum absolute atomic E-state index is 13.1. The minimum absolute atomic E-state index is 0.00839. The van der Waals surface area contributed by atoms with Gasteiger partial charge in [-0.25, -0.2) is 0 Å². The summed E-state index contributed by atoms with van der Waals surface area (Å²) in [5.41, 5.74) is -0.587. The number of hydrogen-bond acceptors (Lipinski definition) is 4. The summed E-state index contributed by atoms with van der Waals surface area (Å²) < 4.78 is 7.06. The molecular formula is C24H33N3O4. The molecule has 0 bridgehead atoms. The quantitative estimate of drug-likeness (QED) is 0.716. The molecule has 3 rings (SSSR count). The number of nitrogens with zero attached hydrogens (tertiary/aromatic N) is 1. The van der Waals surface area contributed by atoms with Crippen LogP contribution in [0.15, 0.2) is 40.0 Å². The zero-order valence-electron chi connectivity index (χ0n) is 18.6. The van der Waals surface area contributed by atoms with Crippen molar-refractivity contribution in [1.82, 2.24) is 15.2 Å². The van der Waals surface area contributed by atoms with Gasteiger partial charge in [0, 0.05) is 24.5 Å². The molecule has 168 valence electrons. The first-order valence-electron chi connectivity index (χ1n) is 11.3. The molecule has 2 heterocycles. The summed E-state index contributed by atoms with van der Waals surface area (Å²) in [6.07, 6.45) is 12.2. The van der Waals surface area contributed by atoms with Crippen molar-refractivity contribution in [2.45, 2.75) is 83.8 Å². The number of aromatic nitrogens is 1. The Morgan fingerprint density at radius 3 is 2.19 bits per heavy atom. The molecule has 7 heteroatoms. The van der Waals surface area contributed by atoms with E-state index in [1.54, 1.807) is 29.8 Å². The summed E-state index contributed by atoms with van der Waals surface area (Å²) in [6.45, 7) is 5.66. The molecule has 2 aromatic rings. The molecule has 1 unspecified atom stereocenters. The molecular weight excluding hydrogens is 394 g/mol. The topological polar surface area (TPSA) is 93.3 Å². The summed E-state index contributed by atoms with van der Waals surface area (Å²) in [6, 6.07) is 3.15. The van der Waals surface area contributed by atoms with Gasteiger partial charge >= 0.3 is 0 Å². The van der Waals surface area contributed by atoms with E-state index in [0.29, 0.717) is 5.76 Å². The van der Waals surface area contributed by atoms with E-state index in [9.17, 15) is 14.4 Å². The molecule has 1 aliphatic rings. The molecule has 7 nitrogen and oxygen atoms in total. The third-order valence-electron chi connectivity index (χ3n) is 5.89. The third kappa shape index (κ3) is 5.87. The molecule has 2 N–H and O–H groups in total. The molecule has 0 aromatic carbocycles. The SMILES string of the molecule is CC(NC(=O)c1cn(C(C)C)cc(C(=O)NC2CCCCCCC2)c1=O)c1ccco1. The van der Waals surface area contributed by atoms with Crippen LogP contribution in [0.25, 0.3) is 0 Å². The Kier molecular flexibility index (Phi) is 7.71. The number of furan rings is 1. The molecule has 0 saturated heterocycles. The third-order valence-corrected chi connectivity index (χ3v) is 5.89. The average molecular weight is 428 g/mol. The van der Waals surface area contributed by atoms with Crippen LogP contribution < -0.4 is 16.1 Å². The van der Waals surface area contributed by atoms with Crippen molar-refractivity contribution in [3.05, 3.63) is 57.9 Å². The fraction of sp³-hybridized carbons (Fsp3) is 0.542. The number of pyridine rings is 1. The Morgan fingerprint density at radius 1 is 1.00 bits per heavy atom. The molecule has 2 amide bonds. The number of rotatable bonds is 6. The standard InChI is InChI=1S/C24H33N3O4/c1-16(2)27-14-19(23(29)25-17(3)21-12-9-13-31-21)22(28)20(15-27)24(30)26-18-10-7-5-4-6-8-11-18/h9,12-18H,4-8,10-11H2,1-3H3,(H,25,29)(H,26,30).